The highest BCUT2D eigenvalue weighted by Crippen LogP contribution is 2.13. The minimum Gasteiger partial charge on any atom is -0.394 e. The van der Waals surface area contributed by atoms with Crippen LogP contribution in [0.3, 0.4) is 0 Å². The van der Waals surface area contributed by atoms with E-state index < -0.39 is 18.2 Å². The number of carbonyl (C=O) groups excluding carboxylic acids is 1. The van der Waals surface area contributed by atoms with Gasteiger partial charge in [-0.3, -0.25) is 4.79 Å². The molecule has 4 N–H and O–H groups in total. The number of rotatable bonds is 30. The number of hydrogen-bond acceptors (Lipinski definition) is 4. The summed E-state index contributed by atoms with van der Waals surface area (Å²) < 4.78 is 0. The zero-order chi connectivity index (χ0) is 29.5. The molecule has 0 rings (SSSR count). The Morgan fingerprint density at radius 2 is 1.00 bits per heavy atom. The lowest BCUT2D eigenvalue weighted by Gasteiger charge is -2.26. The van der Waals surface area contributed by atoms with Gasteiger partial charge in [-0.05, 0) is 64.2 Å². The van der Waals surface area contributed by atoms with E-state index in [0.29, 0.717) is 12.8 Å². The Bertz CT molecular complexity index is 592. The van der Waals surface area contributed by atoms with Crippen LogP contribution in [0.1, 0.15) is 168 Å². The molecule has 0 heterocycles. The van der Waals surface area contributed by atoms with Gasteiger partial charge in [-0.15, -0.1) is 0 Å². The van der Waals surface area contributed by atoms with Crippen molar-refractivity contribution in [1.29, 1.82) is 0 Å². The van der Waals surface area contributed by atoms with Crippen molar-refractivity contribution >= 4 is 5.91 Å². The van der Waals surface area contributed by atoms with Gasteiger partial charge in [0.25, 0.3) is 0 Å². The second-order valence-corrected chi connectivity index (χ2v) is 11.7. The third-order valence-corrected chi connectivity index (χ3v) is 7.78. The lowest BCUT2D eigenvalue weighted by atomic mass is 10.0. The van der Waals surface area contributed by atoms with E-state index >= 15 is 0 Å². The van der Waals surface area contributed by atoms with Gasteiger partial charge in [-0.1, -0.05) is 122 Å². The largest absolute Gasteiger partial charge is 0.394 e. The van der Waals surface area contributed by atoms with Crippen LogP contribution < -0.4 is 5.32 Å². The van der Waals surface area contributed by atoms with Crippen LogP contribution in [-0.4, -0.2) is 46.1 Å². The van der Waals surface area contributed by atoms with Gasteiger partial charge in [0.2, 0.25) is 5.91 Å². The van der Waals surface area contributed by atoms with Crippen LogP contribution in [0, 0.1) is 0 Å². The van der Waals surface area contributed by atoms with Crippen molar-refractivity contribution < 1.29 is 20.1 Å². The molecule has 0 saturated carbocycles. The molecule has 0 fully saturated rings. The Balaban J connectivity index is 3.81. The zero-order valence-corrected chi connectivity index (χ0v) is 26.5. The number of aliphatic hydroxyl groups is 3. The van der Waals surface area contributed by atoms with E-state index in [1.54, 1.807) is 0 Å². The van der Waals surface area contributed by atoms with E-state index in [1.165, 1.54) is 96.3 Å². The van der Waals surface area contributed by atoms with Crippen LogP contribution in [0.25, 0.3) is 0 Å². The molecule has 0 radical (unpaired) electrons. The normalized spacial score (nSPS) is 14.2. The van der Waals surface area contributed by atoms with Gasteiger partial charge in [0, 0.05) is 6.42 Å². The summed E-state index contributed by atoms with van der Waals surface area (Å²) in [5.41, 5.74) is 0. The molecule has 40 heavy (non-hydrogen) atoms. The molecule has 3 unspecified atom stereocenters. The molecule has 0 aromatic heterocycles. The van der Waals surface area contributed by atoms with Gasteiger partial charge in [-0.25, -0.2) is 0 Å². The van der Waals surface area contributed by atoms with Crippen LogP contribution in [0.5, 0.6) is 0 Å². The van der Waals surface area contributed by atoms with E-state index in [9.17, 15) is 20.1 Å². The molecule has 0 saturated heterocycles. The van der Waals surface area contributed by atoms with Gasteiger partial charge < -0.3 is 20.6 Å². The highest BCUT2D eigenvalue weighted by molar-refractivity contribution is 5.76. The maximum absolute atomic E-state index is 12.3. The number of amides is 1. The summed E-state index contributed by atoms with van der Waals surface area (Å²) >= 11 is 0. The number of hydrogen-bond donors (Lipinski definition) is 4. The lowest BCUT2D eigenvalue weighted by Crippen LogP contribution is -2.50. The third kappa shape index (κ3) is 25.8. The summed E-state index contributed by atoms with van der Waals surface area (Å²) in [5, 5.41) is 33.2. The van der Waals surface area contributed by atoms with Crippen LogP contribution in [0.4, 0.5) is 0 Å². The molecule has 3 atom stereocenters. The van der Waals surface area contributed by atoms with E-state index in [2.05, 4.69) is 43.5 Å². The molecule has 236 valence electrons. The average Bonchev–Trinajstić information content (AvgIpc) is 2.96. The summed E-state index contributed by atoms with van der Waals surface area (Å²) in [6, 6.07) is -0.829. The average molecular weight is 566 g/mol. The molecule has 0 aliphatic carbocycles. The Morgan fingerprint density at radius 1 is 0.600 bits per heavy atom. The van der Waals surface area contributed by atoms with Crippen molar-refractivity contribution in [3.8, 4) is 0 Å². The lowest BCUT2D eigenvalue weighted by molar-refractivity contribution is -0.124. The topological polar surface area (TPSA) is 89.8 Å². The van der Waals surface area contributed by atoms with Crippen molar-refractivity contribution in [3.63, 3.8) is 0 Å². The molecular weight excluding hydrogens is 498 g/mol. The first-order chi connectivity index (χ1) is 19.6. The molecule has 0 aliphatic rings. The van der Waals surface area contributed by atoms with E-state index in [4.69, 9.17) is 0 Å². The number of carbonyl (C=O) groups is 1. The molecule has 1 amide bonds. The summed E-state index contributed by atoms with van der Waals surface area (Å²) in [4.78, 5) is 12.3. The van der Waals surface area contributed by atoms with E-state index in [1.807, 2.05) is 0 Å². The molecule has 0 aliphatic heterocycles. The molecule has 0 bridgehead atoms. The molecule has 5 nitrogen and oxygen atoms in total. The smallest absolute Gasteiger partial charge is 0.220 e. The Hall–Kier alpha value is -1.17. The van der Waals surface area contributed by atoms with Crippen molar-refractivity contribution in [3.05, 3.63) is 24.3 Å². The number of aliphatic hydroxyl groups excluding tert-OH is 3. The second-order valence-electron chi connectivity index (χ2n) is 11.7. The van der Waals surface area contributed by atoms with Crippen molar-refractivity contribution in [2.24, 2.45) is 0 Å². The fourth-order valence-corrected chi connectivity index (χ4v) is 5.04. The summed E-state index contributed by atoms with van der Waals surface area (Å²) in [5.74, 6) is -0.173. The highest BCUT2D eigenvalue weighted by atomic mass is 16.3. The first-order valence-electron chi connectivity index (χ1n) is 17.1. The minimum atomic E-state index is -1.16. The van der Waals surface area contributed by atoms with Gasteiger partial charge >= 0.3 is 0 Å². The number of allylic oxidation sites excluding steroid dienone is 4. The Labute approximate surface area is 248 Å². The fourth-order valence-electron chi connectivity index (χ4n) is 5.04. The highest BCUT2D eigenvalue weighted by Gasteiger charge is 2.26. The zero-order valence-electron chi connectivity index (χ0n) is 26.5. The van der Waals surface area contributed by atoms with Crippen LogP contribution in [0.15, 0.2) is 24.3 Å². The summed E-state index contributed by atoms with van der Waals surface area (Å²) in [7, 11) is 0. The van der Waals surface area contributed by atoms with E-state index in [-0.39, 0.29) is 12.5 Å². The van der Waals surface area contributed by atoms with Crippen molar-refractivity contribution in [2.45, 2.75) is 186 Å². The SMILES string of the molecule is CCCCCCCC/C=C\CCCCCC(=O)NC(CO)C(O)C(O)CCC/C=C/CCCCCCCCCC. The van der Waals surface area contributed by atoms with Crippen molar-refractivity contribution in [1.82, 2.24) is 5.32 Å². The first kappa shape index (κ1) is 38.8. The van der Waals surface area contributed by atoms with Gasteiger partial charge in [0.05, 0.1) is 18.8 Å². The maximum Gasteiger partial charge on any atom is 0.220 e. The van der Waals surface area contributed by atoms with Crippen molar-refractivity contribution in [2.75, 3.05) is 6.61 Å². The monoisotopic (exact) mass is 566 g/mol. The predicted molar refractivity (Wildman–Crippen MR) is 171 cm³/mol. The molecule has 0 aromatic rings. The molecule has 0 spiro atoms. The van der Waals surface area contributed by atoms with Gasteiger partial charge in [0.1, 0.15) is 6.10 Å². The van der Waals surface area contributed by atoms with Crippen LogP contribution >= 0.6 is 0 Å². The first-order valence-corrected chi connectivity index (χ1v) is 17.1. The third-order valence-electron chi connectivity index (χ3n) is 7.78. The minimum absolute atomic E-state index is 0.173. The summed E-state index contributed by atoms with van der Waals surface area (Å²) in [6.45, 7) is 4.12. The Kier molecular flexibility index (Phi) is 29.9. The predicted octanol–water partition coefficient (Wildman–Crippen LogP) is 8.70. The molecule has 5 heteroatoms. The number of nitrogens with one attached hydrogen (secondary N) is 1. The van der Waals surface area contributed by atoms with E-state index in [0.717, 1.165) is 44.9 Å². The number of unbranched alkanes of at least 4 members (excludes halogenated alkanes) is 18. The maximum atomic E-state index is 12.3. The second kappa shape index (κ2) is 30.8. The summed E-state index contributed by atoms with van der Waals surface area (Å²) in [6.07, 6.45) is 34.1. The van der Waals surface area contributed by atoms with Crippen LogP contribution in [0.2, 0.25) is 0 Å². The van der Waals surface area contributed by atoms with Gasteiger partial charge in [-0.2, -0.15) is 0 Å². The standard InChI is InChI=1S/C35H67NO4/c1-3-5-7-9-11-13-15-17-19-21-23-25-27-29-33(38)35(40)32(31-37)36-34(39)30-28-26-24-22-20-18-16-14-12-10-8-6-4-2/h18,20-21,23,32-33,35,37-38,40H,3-17,19,22,24-31H2,1-2H3,(H,36,39)/b20-18-,23-21+. The Morgan fingerprint density at radius 3 is 1.45 bits per heavy atom. The van der Waals surface area contributed by atoms with Crippen LogP contribution in [-0.2, 0) is 4.79 Å². The fraction of sp³-hybridized carbons (Fsp3) is 0.857. The quantitative estimate of drug-likeness (QED) is 0.0518. The molecular formula is C35H67NO4. The molecule has 0 aromatic carbocycles. The van der Waals surface area contributed by atoms with Gasteiger partial charge in [0.15, 0.2) is 0 Å².